The smallest absolute Gasteiger partial charge is 0.265 e. The first-order valence-corrected chi connectivity index (χ1v) is 11.3. The van der Waals surface area contributed by atoms with Crippen molar-refractivity contribution in [2.45, 2.75) is 18.8 Å². The van der Waals surface area contributed by atoms with Gasteiger partial charge < -0.3 is 15.5 Å². The molecule has 4 aromatic rings. The number of nitrogens with zero attached hydrogens (tertiary/aromatic N) is 4. The number of benzene rings is 2. The molecule has 2 aromatic carbocycles. The van der Waals surface area contributed by atoms with Crippen molar-refractivity contribution in [2.75, 3.05) is 5.01 Å². The number of carbonyl (C=O) groups excluding carboxylic acids is 2. The van der Waals surface area contributed by atoms with Crippen LogP contribution in [-0.4, -0.2) is 32.5 Å². The van der Waals surface area contributed by atoms with Crippen LogP contribution < -0.4 is 15.5 Å². The van der Waals surface area contributed by atoms with Gasteiger partial charge in [0.15, 0.2) is 0 Å². The van der Waals surface area contributed by atoms with E-state index < -0.39 is 23.0 Å². The highest BCUT2D eigenvalue weighted by atomic mass is 79.9. The van der Waals surface area contributed by atoms with E-state index in [0.29, 0.717) is 32.7 Å². The number of aromatic amines is 1. The minimum atomic E-state index is -1.24. The van der Waals surface area contributed by atoms with Gasteiger partial charge in [0.1, 0.15) is 34.9 Å². The van der Waals surface area contributed by atoms with E-state index in [1.54, 1.807) is 49.5 Å². The number of anilines is 1. The van der Waals surface area contributed by atoms with Crippen LogP contribution in [0.1, 0.15) is 18.9 Å². The van der Waals surface area contributed by atoms with Gasteiger partial charge in [-0.2, -0.15) is 10.1 Å². The van der Waals surface area contributed by atoms with Crippen molar-refractivity contribution < 1.29 is 18.7 Å². The Morgan fingerprint density at radius 2 is 2.03 bits per heavy atom. The summed E-state index contributed by atoms with van der Waals surface area (Å²) < 4.78 is 21.3. The summed E-state index contributed by atoms with van der Waals surface area (Å²) in [5.41, 5.74) is 5.38. The molecule has 2 aromatic heterocycles. The summed E-state index contributed by atoms with van der Waals surface area (Å²) >= 11 is 3.19. The van der Waals surface area contributed by atoms with Gasteiger partial charge in [-0.15, -0.1) is 0 Å². The number of amides is 2. The Labute approximate surface area is 206 Å². The number of rotatable bonds is 5. The summed E-state index contributed by atoms with van der Waals surface area (Å²) in [5.74, 6) is -1.37. The second kappa shape index (κ2) is 8.58. The summed E-state index contributed by atoms with van der Waals surface area (Å²) in [7, 11) is 0. The summed E-state index contributed by atoms with van der Waals surface area (Å²) in [6.45, 7) is 1.68. The van der Waals surface area contributed by atoms with Crippen molar-refractivity contribution in [3.63, 3.8) is 0 Å². The molecule has 35 heavy (non-hydrogen) atoms. The fraction of sp³-hybridized carbons (Fsp3) is 0.125. The largest absolute Gasteiger partial charge is 0.438 e. The zero-order valence-corrected chi connectivity index (χ0v) is 19.9. The number of primary amides is 1. The third kappa shape index (κ3) is 3.93. The molecule has 1 atom stereocenters. The normalized spacial score (nSPS) is 18.0. The van der Waals surface area contributed by atoms with Gasteiger partial charge in [0.2, 0.25) is 11.8 Å². The van der Waals surface area contributed by atoms with Gasteiger partial charge in [-0.1, -0.05) is 34.1 Å². The van der Waals surface area contributed by atoms with Crippen LogP contribution >= 0.6 is 15.9 Å². The Hall–Kier alpha value is -4.12. The second-order valence-electron chi connectivity index (χ2n) is 8.14. The average molecular weight is 537 g/mol. The van der Waals surface area contributed by atoms with Crippen molar-refractivity contribution in [3.8, 4) is 11.6 Å². The predicted octanol–water partition coefficient (Wildman–Crippen LogP) is 4.19. The zero-order valence-electron chi connectivity index (χ0n) is 18.3. The molecule has 0 radical (unpaired) electrons. The Balaban J connectivity index is 1.61. The quantitative estimate of drug-likeness (QED) is 0.395. The van der Waals surface area contributed by atoms with Gasteiger partial charge in [-0.25, -0.2) is 14.4 Å². The number of para-hydroxylation sites is 1. The van der Waals surface area contributed by atoms with Gasteiger partial charge in [-0.05, 0) is 37.3 Å². The van der Waals surface area contributed by atoms with Crippen LogP contribution in [0.5, 0.6) is 11.6 Å². The molecule has 0 saturated heterocycles. The second-order valence-corrected chi connectivity index (χ2v) is 9.06. The Bertz CT molecular complexity index is 1520. The fourth-order valence-electron chi connectivity index (χ4n) is 4.16. The number of hydrogen-bond donors (Lipinski definition) is 2. The van der Waals surface area contributed by atoms with Gasteiger partial charge in [0, 0.05) is 22.7 Å². The number of hydrazone groups is 1. The molecule has 3 heterocycles. The van der Waals surface area contributed by atoms with E-state index in [4.69, 9.17) is 10.5 Å². The minimum Gasteiger partial charge on any atom is -0.438 e. The van der Waals surface area contributed by atoms with Crippen LogP contribution in [0.25, 0.3) is 11.0 Å². The van der Waals surface area contributed by atoms with Gasteiger partial charge in [0.25, 0.3) is 5.91 Å². The number of halogens is 2. The van der Waals surface area contributed by atoms with Gasteiger partial charge >= 0.3 is 0 Å². The first-order chi connectivity index (χ1) is 16.8. The topological polar surface area (TPSA) is 127 Å². The van der Waals surface area contributed by atoms with E-state index in [0.717, 1.165) is 5.01 Å². The molecule has 1 aliphatic heterocycles. The third-order valence-corrected chi connectivity index (χ3v) is 6.33. The number of carbonyl (C=O) groups is 2. The van der Waals surface area contributed by atoms with E-state index in [9.17, 15) is 14.0 Å². The monoisotopic (exact) mass is 536 g/mol. The van der Waals surface area contributed by atoms with Crippen LogP contribution in [0.2, 0.25) is 0 Å². The predicted molar refractivity (Wildman–Crippen MR) is 131 cm³/mol. The number of H-pyrrole nitrogens is 1. The maximum absolute atomic E-state index is 14.6. The van der Waals surface area contributed by atoms with Crippen molar-refractivity contribution in [3.05, 3.63) is 76.9 Å². The lowest BCUT2D eigenvalue weighted by Crippen LogP contribution is -2.51. The Morgan fingerprint density at radius 1 is 1.23 bits per heavy atom. The standard InChI is InChI=1S/C24H18BrFN6O3/c1-24(11-19(33)32(31-20(24)21(27)34)17-7-6-13(25)10-16(17)26)15-4-2-3-5-18(15)35-23-14-8-9-28-22(14)29-12-30-23/h2-10,12H,11H2,1H3,(H2,27,34)(H,28,29,30). The summed E-state index contributed by atoms with van der Waals surface area (Å²) in [6.07, 6.45) is 2.88. The van der Waals surface area contributed by atoms with Crippen molar-refractivity contribution in [2.24, 2.45) is 10.8 Å². The highest BCUT2D eigenvalue weighted by molar-refractivity contribution is 9.10. The molecule has 0 aliphatic carbocycles. The van der Waals surface area contributed by atoms with E-state index in [2.05, 4.69) is 36.0 Å². The summed E-state index contributed by atoms with van der Waals surface area (Å²) in [6, 6.07) is 12.9. The highest BCUT2D eigenvalue weighted by Crippen LogP contribution is 2.42. The van der Waals surface area contributed by atoms with Crippen molar-refractivity contribution >= 4 is 50.2 Å². The number of nitrogens with one attached hydrogen (secondary N) is 1. The number of fused-ring (bicyclic) bond motifs is 1. The van der Waals surface area contributed by atoms with Gasteiger partial charge in [-0.3, -0.25) is 9.59 Å². The molecule has 5 rings (SSSR count). The van der Waals surface area contributed by atoms with Crippen molar-refractivity contribution in [1.82, 2.24) is 15.0 Å². The maximum atomic E-state index is 14.6. The van der Waals surface area contributed by atoms with Crippen LogP contribution in [-0.2, 0) is 15.0 Å². The molecule has 0 bridgehead atoms. The van der Waals surface area contributed by atoms with Crippen LogP contribution in [0.4, 0.5) is 10.1 Å². The van der Waals surface area contributed by atoms with Crippen LogP contribution in [0.15, 0.2) is 70.6 Å². The summed E-state index contributed by atoms with van der Waals surface area (Å²) in [5, 5.41) is 5.76. The number of nitrogens with two attached hydrogens (primary N) is 1. The van der Waals surface area contributed by atoms with Crippen molar-refractivity contribution in [1.29, 1.82) is 0 Å². The first kappa shape index (κ1) is 22.7. The molecule has 9 nitrogen and oxygen atoms in total. The van der Waals surface area contributed by atoms with E-state index in [-0.39, 0.29) is 17.8 Å². The van der Waals surface area contributed by atoms with Gasteiger partial charge in [0.05, 0.1) is 10.8 Å². The molecular weight excluding hydrogens is 519 g/mol. The molecule has 0 spiro atoms. The molecule has 1 aliphatic rings. The lowest BCUT2D eigenvalue weighted by Gasteiger charge is -2.37. The number of aromatic nitrogens is 3. The third-order valence-electron chi connectivity index (χ3n) is 5.84. The van der Waals surface area contributed by atoms with Crippen LogP contribution in [0, 0.1) is 5.82 Å². The number of ether oxygens (including phenoxy) is 1. The molecule has 2 amide bonds. The summed E-state index contributed by atoms with van der Waals surface area (Å²) in [4.78, 5) is 37.2. The Kier molecular flexibility index (Phi) is 5.56. The van der Waals surface area contributed by atoms with E-state index in [1.807, 2.05) is 0 Å². The fourth-order valence-corrected chi connectivity index (χ4v) is 4.49. The molecule has 1 unspecified atom stereocenters. The maximum Gasteiger partial charge on any atom is 0.265 e. The SMILES string of the molecule is CC1(c2ccccc2Oc2ncnc3[nH]ccc23)CC(=O)N(c2ccc(Br)cc2F)N=C1C(N)=O. The molecule has 0 fully saturated rings. The lowest BCUT2D eigenvalue weighted by atomic mass is 9.73. The lowest BCUT2D eigenvalue weighted by molar-refractivity contribution is -0.119. The highest BCUT2D eigenvalue weighted by Gasteiger charge is 2.46. The average Bonchev–Trinajstić information content (AvgIpc) is 3.30. The van der Waals surface area contributed by atoms with E-state index >= 15 is 0 Å². The van der Waals surface area contributed by atoms with E-state index in [1.165, 1.54) is 18.5 Å². The molecule has 0 saturated carbocycles. The molecule has 3 N–H and O–H groups in total. The number of hydrogen-bond acceptors (Lipinski definition) is 6. The molecule has 176 valence electrons. The molecular formula is C24H18BrFN6O3. The minimum absolute atomic E-state index is 0.0839. The molecule has 11 heteroatoms. The zero-order chi connectivity index (χ0) is 24.7. The Morgan fingerprint density at radius 3 is 2.80 bits per heavy atom. The first-order valence-electron chi connectivity index (χ1n) is 10.5. The van der Waals surface area contributed by atoms with Crippen LogP contribution in [0.3, 0.4) is 0 Å².